The minimum absolute atomic E-state index is 0.694. The predicted molar refractivity (Wildman–Crippen MR) is 78.4 cm³/mol. The fraction of sp³-hybridized carbons (Fsp3) is 0.733. The number of allylic oxidation sites excluding steroid dienone is 3. The zero-order valence-corrected chi connectivity index (χ0v) is 12.5. The van der Waals surface area contributed by atoms with Gasteiger partial charge in [-0.2, -0.15) is 0 Å². The van der Waals surface area contributed by atoms with Gasteiger partial charge in [-0.25, -0.2) is 0 Å². The predicted octanol–water partition coefficient (Wildman–Crippen LogP) is 3.65. The molecule has 1 aliphatic rings. The maximum atomic E-state index is 4.25. The van der Waals surface area contributed by atoms with Gasteiger partial charge in [-0.05, 0) is 24.8 Å². The maximum Gasteiger partial charge on any atom is 0.0351 e. The Bertz CT molecular complexity index is 187. The van der Waals surface area contributed by atoms with E-state index in [9.17, 15) is 0 Å². The van der Waals surface area contributed by atoms with E-state index in [-0.39, 0.29) is 0 Å². The highest BCUT2D eigenvalue weighted by Gasteiger charge is 2.12. The second-order valence-electron chi connectivity index (χ2n) is 3.91. The summed E-state index contributed by atoms with van der Waals surface area (Å²) in [7, 11) is 3.25. The van der Waals surface area contributed by atoms with Gasteiger partial charge in [-0.15, -0.1) is 0 Å². The van der Waals surface area contributed by atoms with E-state index >= 15 is 0 Å². The Balaban J connectivity index is 0. The summed E-state index contributed by atoms with van der Waals surface area (Å²) in [6.07, 6.45) is 10.1. The first-order valence-electron chi connectivity index (χ1n) is 6.72. The van der Waals surface area contributed by atoms with Gasteiger partial charge in [0.1, 0.15) is 0 Å². The summed E-state index contributed by atoms with van der Waals surface area (Å²) >= 11 is 0. The zero-order chi connectivity index (χ0) is 13.5. The number of ether oxygens (including phenoxy) is 1. The fourth-order valence-corrected chi connectivity index (χ4v) is 1.46. The lowest BCUT2D eigenvalue weighted by Crippen LogP contribution is -2.26. The molecule has 102 valence electrons. The third kappa shape index (κ3) is 11.7. The average molecular weight is 241 g/mol. The van der Waals surface area contributed by atoms with Gasteiger partial charge in [0.2, 0.25) is 0 Å². The van der Waals surface area contributed by atoms with Crippen LogP contribution in [0.2, 0.25) is 0 Å². The molecule has 0 saturated carbocycles. The lowest BCUT2D eigenvalue weighted by atomic mass is 9.90. The normalized spacial score (nSPS) is 21.1. The van der Waals surface area contributed by atoms with Gasteiger partial charge >= 0.3 is 0 Å². The van der Waals surface area contributed by atoms with E-state index in [4.69, 9.17) is 0 Å². The van der Waals surface area contributed by atoms with Crippen LogP contribution in [0.25, 0.3) is 0 Å². The molecule has 0 aromatic carbocycles. The molecule has 0 aromatic rings. The summed E-state index contributed by atoms with van der Waals surface area (Å²) in [6.45, 7) is 10.7. The Hall–Kier alpha value is -0.600. The van der Waals surface area contributed by atoms with E-state index in [1.807, 2.05) is 13.8 Å². The van der Waals surface area contributed by atoms with Crippen molar-refractivity contribution in [2.24, 2.45) is 11.8 Å². The van der Waals surface area contributed by atoms with Gasteiger partial charge in [-0.1, -0.05) is 52.0 Å². The lowest BCUT2D eigenvalue weighted by molar-refractivity contribution is 0.277. The van der Waals surface area contributed by atoms with Crippen molar-refractivity contribution in [3.8, 4) is 0 Å². The number of rotatable bonds is 4. The second-order valence-corrected chi connectivity index (χ2v) is 3.91. The van der Waals surface area contributed by atoms with E-state index in [1.54, 1.807) is 14.2 Å². The summed E-state index contributed by atoms with van der Waals surface area (Å²) in [5, 5.41) is 3.45. The molecule has 2 unspecified atom stereocenters. The summed E-state index contributed by atoms with van der Waals surface area (Å²) in [5.41, 5.74) is 0. The second kappa shape index (κ2) is 15.4. The van der Waals surface area contributed by atoms with E-state index in [2.05, 4.69) is 48.2 Å². The van der Waals surface area contributed by atoms with Gasteiger partial charge < -0.3 is 10.1 Å². The Kier molecular flexibility index (Phi) is 17.0. The minimum Gasteiger partial charge on any atom is -0.388 e. The van der Waals surface area contributed by atoms with E-state index < -0.39 is 0 Å². The zero-order valence-electron chi connectivity index (χ0n) is 12.5. The first kappa shape index (κ1) is 18.8. The van der Waals surface area contributed by atoms with Crippen LogP contribution in [0.1, 0.15) is 34.1 Å². The van der Waals surface area contributed by atoms with Crippen molar-refractivity contribution >= 4 is 0 Å². The molecule has 0 bridgehead atoms. The molecule has 17 heavy (non-hydrogen) atoms. The molecule has 1 rings (SSSR count). The Morgan fingerprint density at radius 3 is 2.12 bits per heavy atom. The highest BCUT2D eigenvalue weighted by Crippen LogP contribution is 2.17. The molecule has 0 aromatic heterocycles. The van der Waals surface area contributed by atoms with Gasteiger partial charge in [0, 0.05) is 20.8 Å². The smallest absolute Gasteiger partial charge is 0.0351 e. The topological polar surface area (TPSA) is 21.3 Å². The lowest BCUT2D eigenvalue weighted by Gasteiger charge is -2.20. The van der Waals surface area contributed by atoms with Gasteiger partial charge in [0.25, 0.3) is 0 Å². The first-order chi connectivity index (χ1) is 8.26. The van der Waals surface area contributed by atoms with Crippen molar-refractivity contribution in [1.29, 1.82) is 0 Å². The van der Waals surface area contributed by atoms with Crippen LogP contribution >= 0.6 is 0 Å². The molecule has 2 nitrogen and oxygen atoms in total. The number of hydrogen-bond acceptors (Lipinski definition) is 2. The Morgan fingerprint density at radius 1 is 1.12 bits per heavy atom. The Labute approximate surface area is 108 Å². The highest BCUT2D eigenvalue weighted by molar-refractivity contribution is 5.13. The molecule has 0 spiro atoms. The first-order valence-corrected chi connectivity index (χ1v) is 6.72. The van der Waals surface area contributed by atoms with Gasteiger partial charge in [-0.3, -0.25) is 0 Å². The van der Waals surface area contributed by atoms with Crippen molar-refractivity contribution in [2.45, 2.75) is 34.1 Å². The molecule has 0 fully saturated rings. The van der Waals surface area contributed by atoms with Crippen molar-refractivity contribution < 1.29 is 4.74 Å². The molecular weight excluding hydrogens is 210 g/mol. The summed E-state index contributed by atoms with van der Waals surface area (Å²) in [6, 6.07) is 0. The highest BCUT2D eigenvalue weighted by atomic mass is 16.4. The van der Waals surface area contributed by atoms with E-state index in [0.29, 0.717) is 11.8 Å². The van der Waals surface area contributed by atoms with Crippen molar-refractivity contribution in [1.82, 2.24) is 5.32 Å². The fourth-order valence-electron chi connectivity index (χ4n) is 1.46. The molecule has 2 heteroatoms. The third-order valence-corrected chi connectivity index (χ3v) is 2.37. The molecule has 0 amide bonds. The molecule has 0 saturated heterocycles. The quantitative estimate of drug-likeness (QED) is 0.759. The third-order valence-electron chi connectivity index (χ3n) is 2.37. The van der Waals surface area contributed by atoms with E-state index in [0.717, 1.165) is 13.1 Å². The monoisotopic (exact) mass is 241 g/mol. The average Bonchev–Trinajstić information content (AvgIpc) is 2.35. The van der Waals surface area contributed by atoms with E-state index in [1.165, 1.54) is 6.42 Å². The van der Waals surface area contributed by atoms with Crippen molar-refractivity contribution in [2.75, 3.05) is 27.3 Å². The molecule has 0 aliphatic heterocycles. The SMILES string of the molecule is CC.CCCNCC1C=CC=CC1C.COC. The van der Waals surface area contributed by atoms with Crippen LogP contribution in [0.3, 0.4) is 0 Å². The summed E-state index contributed by atoms with van der Waals surface area (Å²) in [4.78, 5) is 0. The van der Waals surface area contributed by atoms with Crippen LogP contribution in [0.5, 0.6) is 0 Å². The van der Waals surface area contributed by atoms with Gasteiger partial charge in [0.05, 0.1) is 0 Å². The molecule has 0 radical (unpaired) electrons. The molecular formula is C15H31NO. The van der Waals surface area contributed by atoms with Crippen LogP contribution in [0, 0.1) is 11.8 Å². The molecule has 2 atom stereocenters. The van der Waals surface area contributed by atoms with Crippen LogP contribution < -0.4 is 5.32 Å². The number of methoxy groups -OCH3 is 1. The number of nitrogens with one attached hydrogen (secondary N) is 1. The van der Waals surface area contributed by atoms with Crippen LogP contribution in [-0.4, -0.2) is 27.3 Å². The summed E-state index contributed by atoms with van der Waals surface area (Å²) in [5.74, 6) is 1.39. The minimum atomic E-state index is 0.694. The summed E-state index contributed by atoms with van der Waals surface area (Å²) < 4.78 is 4.25. The van der Waals surface area contributed by atoms with Crippen LogP contribution in [0.15, 0.2) is 24.3 Å². The maximum absolute atomic E-state index is 4.25. The van der Waals surface area contributed by atoms with Gasteiger partial charge in [0.15, 0.2) is 0 Å². The van der Waals surface area contributed by atoms with Crippen LogP contribution in [0.4, 0.5) is 0 Å². The Morgan fingerprint density at radius 2 is 1.65 bits per heavy atom. The van der Waals surface area contributed by atoms with Crippen LogP contribution in [-0.2, 0) is 4.74 Å². The molecule has 1 aliphatic carbocycles. The standard InChI is InChI=1S/C11H19N.C2H6O.C2H6/c1-3-8-12-9-11-7-5-4-6-10(11)2;1-3-2;1-2/h4-7,10-12H,3,8-9H2,1-2H3;1-2H3;1-2H3. The largest absolute Gasteiger partial charge is 0.388 e. The number of hydrogen-bond donors (Lipinski definition) is 1. The van der Waals surface area contributed by atoms with Crippen molar-refractivity contribution in [3.05, 3.63) is 24.3 Å². The molecule has 0 heterocycles. The molecule has 1 N–H and O–H groups in total. The van der Waals surface area contributed by atoms with Crippen molar-refractivity contribution in [3.63, 3.8) is 0 Å².